The molecule has 2 aromatic rings. The number of rotatable bonds is 6. The molecule has 9 heteroatoms. The zero-order valence-corrected chi connectivity index (χ0v) is 17.7. The molecule has 0 saturated carbocycles. The van der Waals surface area contributed by atoms with Crippen molar-refractivity contribution in [1.82, 2.24) is 0 Å². The molecule has 164 valence electrons. The summed E-state index contributed by atoms with van der Waals surface area (Å²) in [5.41, 5.74) is 0.414. The molecule has 0 heterocycles. The van der Waals surface area contributed by atoms with E-state index in [1.807, 2.05) is 0 Å². The second kappa shape index (κ2) is 10.2. The highest BCUT2D eigenvalue weighted by Gasteiger charge is 2.17. The van der Waals surface area contributed by atoms with Crippen LogP contribution in [0.3, 0.4) is 0 Å². The minimum atomic E-state index is -0.722. The Bertz CT molecular complexity index is 963. The number of ether oxygens (including phenoxy) is 3. The molecule has 2 aromatic carbocycles. The van der Waals surface area contributed by atoms with Crippen LogP contribution in [0.25, 0.3) is 0 Å². The summed E-state index contributed by atoms with van der Waals surface area (Å²) in [5.74, 6) is -1.94. The molecular weight excluding hydrogens is 404 g/mol. The molecule has 0 aliphatic carbocycles. The van der Waals surface area contributed by atoms with Crippen LogP contribution in [-0.4, -0.2) is 43.3 Å². The highest BCUT2D eigenvalue weighted by Crippen LogP contribution is 2.16. The van der Waals surface area contributed by atoms with E-state index in [1.165, 1.54) is 43.5 Å². The molecule has 2 amide bonds. The second-order valence-corrected chi connectivity index (χ2v) is 7.37. The van der Waals surface area contributed by atoms with Crippen molar-refractivity contribution < 1.29 is 33.4 Å². The molecule has 0 aliphatic rings. The predicted molar refractivity (Wildman–Crippen MR) is 113 cm³/mol. The average Bonchev–Trinajstić information content (AvgIpc) is 2.71. The first-order chi connectivity index (χ1) is 14.6. The molecule has 0 aliphatic heterocycles. The van der Waals surface area contributed by atoms with Crippen molar-refractivity contribution in [3.05, 3.63) is 59.7 Å². The molecule has 0 atom stereocenters. The SMILES string of the molecule is COC(=O)c1ccccc1NC(=O)COC(=O)c1ccc(NC(=O)OC(C)(C)C)cc1. The molecule has 0 fully saturated rings. The third-order valence-electron chi connectivity index (χ3n) is 3.71. The average molecular weight is 428 g/mol. The number of carbonyl (C=O) groups excluding carboxylic acids is 4. The largest absolute Gasteiger partial charge is 0.465 e. The van der Waals surface area contributed by atoms with Gasteiger partial charge < -0.3 is 19.5 Å². The fraction of sp³-hybridized carbons (Fsp3) is 0.273. The van der Waals surface area contributed by atoms with Gasteiger partial charge in [0, 0.05) is 5.69 Å². The maximum atomic E-state index is 12.2. The van der Waals surface area contributed by atoms with Crippen molar-refractivity contribution in [2.45, 2.75) is 26.4 Å². The summed E-state index contributed by atoms with van der Waals surface area (Å²) in [5, 5.41) is 5.05. The van der Waals surface area contributed by atoms with E-state index in [0.717, 1.165) is 0 Å². The number of carbonyl (C=O) groups is 4. The van der Waals surface area contributed by atoms with Crippen molar-refractivity contribution in [2.75, 3.05) is 24.4 Å². The first-order valence-corrected chi connectivity index (χ1v) is 9.33. The monoisotopic (exact) mass is 428 g/mol. The zero-order chi connectivity index (χ0) is 23.0. The molecule has 31 heavy (non-hydrogen) atoms. The quantitative estimate of drug-likeness (QED) is 0.533. The van der Waals surface area contributed by atoms with E-state index in [-0.39, 0.29) is 16.8 Å². The van der Waals surface area contributed by atoms with Crippen LogP contribution < -0.4 is 10.6 Å². The number of anilines is 2. The number of hydrogen-bond donors (Lipinski definition) is 2. The minimum Gasteiger partial charge on any atom is -0.465 e. The van der Waals surface area contributed by atoms with Gasteiger partial charge in [0.25, 0.3) is 5.91 Å². The van der Waals surface area contributed by atoms with Crippen molar-refractivity contribution in [2.24, 2.45) is 0 Å². The van der Waals surface area contributed by atoms with Gasteiger partial charge in [0.05, 0.1) is 23.9 Å². The molecule has 0 spiro atoms. The van der Waals surface area contributed by atoms with Crippen LogP contribution in [-0.2, 0) is 19.0 Å². The second-order valence-electron chi connectivity index (χ2n) is 7.37. The Morgan fingerprint density at radius 1 is 0.871 bits per heavy atom. The number of esters is 2. The van der Waals surface area contributed by atoms with Gasteiger partial charge in [-0.05, 0) is 57.2 Å². The molecule has 0 unspecified atom stereocenters. The lowest BCUT2D eigenvalue weighted by atomic mass is 10.2. The van der Waals surface area contributed by atoms with Gasteiger partial charge in [0.15, 0.2) is 6.61 Å². The number of amides is 2. The normalized spacial score (nSPS) is 10.6. The molecule has 2 rings (SSSR count). The first kappa shape index (κ1) is 23.4. The molecule has 0 saturated heterocycles. The molecule has 9 nitrogen and oxygen atoms in total. The number of para-hydroxylation sites is 1. The Morgan fingerprint density at radius 3 is 2.13 bits per heavy atom. The van der Waals surface area contributed by atoms with Crippen LogP contribution in [0.5, 0.6) is 0 Å². The lowest BCUT2D eigenvalue weighted by molar-refractivity contribution is -0.119. The molecule has 0 radical (unpaired) electrons. The van der Waals surface area contributed by atoms with E-state index in [1.54, 1.807) is 32.9 Å². The van der Waals surface area contributed by atoms with E-state index in [9.17, 15) is 19.2 Å². The van der Waals surface area contributed by atoms with Gasteiger partial charge in [-0.1, -0.05) is 12.1 Å². The fourth-order valence-corrected chi connectivity index (χ4v) is 2.39. The van der Waals surface area contributed by atoms with Gasteiger partial charge in [-0.3, -0.25) is 10.1 Å². The summed E-state index contributed by atoms with van der Waals surface area (Å²) in [6.07, 6.45) is -0.619. The van der Waals surface area contributed by atoms with Gasteiger partial charge in [0.1, 0.15) is 5.60 Å². The lowest BCUT2D eigenvalue weighted by Crippen LogP contribution is -2.27. The Morgan fingerprint density at radius 2 is 1.52 bits per heavy atom. The van der Waals surface area contributed by atoms with Gasteiger partial charge in [0.2, 0.25) is 0 Å². The summed E-state index contributed by atoms with van der Waals surface area (Å²) in [4.78, 5) is 47.8. The van der Waals surface area contributed by atoms with E-state index >= 15 is 0 Å². The zero-order valence-electron chi connectivity index (χ0n) is 17.7. The summed E-state index contributed by atoms with van der Waals surface area (Å²) in [7, 11) is 1.23. The van der Waals surface area contributed by atoms with Crippen LogP contribution in [0.15, 0.2) is 48.5 Å². The Labute approximate surface area is 179 Å². The topological polar surface area (TPSA) is 120 Å². The third kappa shape index (κ3) is 7.46. The highest BCUT2D eigenvalue weighted by molar-refractivity contribution is 6.02. The first-order valence-electron chi connectivity index (χ1n) is 9.33. The standard InChI is InChI=1S/C22H24N2O7/c1-22(2,3)31-21(28)23-15-11-9-14(10-12-15)19(26)30-13-18(25)24-17-8-6-5-7-16(17)20(27)29-4/h5-12H,13H2,1-4H3,(H,23,28)(H,24,25). The molecule has 0 aromatic heterocycles. The van der Waals surface area contributed by atoms with Crippen LogP contribution in [0.4, 0.5) is 16.2 Å². The van der Waals surface area contributed by atoms with E-state index in [2.05, 4.69) is 15.4 Å². The van der Waals surface area contributed by atoms with Crippen LogP contribution >= 0.6 is 0 Å². The summed E-state index contributed by atoms with van der Waals surface area (Å²) in [6.45, 7) is 4.69. The van der Waals surface area contributed by atoms with Crippen molar-refractivity contribution in [3.8, 4) is 0 Å². The number of nitrogens with one attached hydrogen (secondary N) is 2. The van der Waals surface area contributed by atoms with Gasteiger partial charge in [-0.25, -0.2) is 14.4 Å². The van der Waals surface area contributed by atoms with Crippen molar-refractivity contribution in [1.29, 1.82) is 0 Å². The van der Waals surface area contributed by atoms with Gasteiger partial charge >= 0.3 is 18.0 Å². The third-order valence-corrected chi connectivity index (χ3v) is 3.71. The molecule has 2 N–H and O–H groups in total. The summed E-state index contributed by atoms with van der Waals surface area (Å²) >= 11 is 0. The summed E-state index contributed by atoms with van der Waals surface area (Å²) in [6, 6.07) is 12.2. The highest BCUT2D eigenvalue weighted by atomic mass is 16.6. The van der Waals surface area contributed by atoms with Gasteiger partial charge in [-0.15, -0.1) is 0 Å². The van der Waals surface area contributed by atoms with E-state index in [4.69, 9.17) is 9.47 Å². The van der Waals surface area contributed by atoms with Crippen LogP contribution in [0.1, 0.15) is 41.5 Å². The fourth-order valence-electron chi connectivity index (χ4n) is 2.39. The lowest BCUT2D eigenvalue weighted by Gasteiger charge is -2.19. The molecular formula is C22H24N2O7. The van der Waals surface area contributed by atoms with Crippen LogP contribution in [0.2, 0.25) is 0 Å². The Balaban J connectivity index is 1.89. The van der Waals surface area contributed by atoms with Crippen molar-refractivity contribution in [3.63, 3.8) is 0 Å². The maximum absolute atomic E-state index is 12.2. The minimum absolute atomic E-state index is 0.178. The maximum Gasteiger partial charge on any atom is 0.412 e. The van der Waals surface area contributed by atoms with Gasteiger partial charge in [-0.2, -0.15) is 0 Å². The molecule has 0 bridgehead atoms. The van der Waals surface area contributed by atoms with E-state index in [0.29, 0.717) is 5.69 Å². The van der Waals surface area contributed by atoms with E-state index < -0.39 is 36.1 Å². The predicted octanol–water partition coefficient (Wildman–Crippen LogP) is 3.62. The number of hydrogen-bond acceptors (Lipinski definition) is 7. The smallest absolute Gasteiger partial charge is 0.412 e. The number of benzene rings is 2. The summed E-state index contributed by atoms with van der Waals surface area (Å²) < 4.78 is 14.8. The van der Waals surface area contributed by atoms with Crippen molar-refractivity contribution >= 4 is 35.3 Å². The Hall–Kier alpha value is -3.88. The van der Waals surface area contributed by atoms with Crippen LogP contribution in [0, 0.1) is 0 Å². The number of methoxy groups -OCH3 is 1. The Kier molecular flexibility index (Phi) is 7.73.